The minimum absolute atomic E-state index is 0.148. The van der Waals surface area contributed by atoms with E-state index in [0.717, 1.165) is 24.0 Å². The zero-order valence-electron chi connectivity index (χ0n) is 17.0. The van der Waals surface area contributed by atoms with Crippen molar-refractivity contribution in [2.24, 2.45) is 0 Å². The number of piperidine rings is 1. The molecule has 2 aromatic carbocycles. The summed E-state index contributed by atoms with van der Waals surface area (Å²) in [5, 5.41) is 12.4. The van der Waals surface area contributed by atoms with E-state index in [0.29, 0.717) is 13.1 Å². The zero-order valence-corrected chi connectivity index (χ0v) is 17.0. The number of carbonyl (C=O) groups is 1. The fourth-order valence-electron chi connectivity index (χ4n) is 3.73. The molecule has 0 spiro atoms. The first-order chi connectivity index (χ1) is 15.2. The van der Waals surface area contributed by atoms with E-state index >= 15 is 0 Å². The van der Waals surface area contributed by atoms with Crippen molar-refractivity contribution >= 4 is 6.03 Å². The molecule has 1 N–H and O–H groups in total. The maximum atomic E-state index is 13.2. The first-order valence-corrected chi connectivity index (χ1v) is 10.3. The number of benzene rings is 2. The maximum Gasteiger partial charge on any atom is 0.318 e. The highest BCUT2D eigenvalue weighted by Gasteiger charge is 2.28. The number of urea groups is 1. The van der Waals surface area contributed by atoms with Crippen LogP contribution < -0.4 is 10.1 Å². The number of rotatable bonds is 5. The van der Waals surface area contributed by atoms with Gasteiger partial charge < -0.3 is 15.0 Å². The first kappa shape index (κ1) is 20.4. The lowest BCUT2D eigenvalue weighted by Gasteiger charge is -2.34. The highest BCUT2D eigenvalue weighted by atomic mass is 16.5. The van der Waals surface area contributed by atoms with Crippen molar-refractivity contribution in [2.75, 3.05) is 13.1 Å². The number of amides is 2. The van der Waals surface area contributed by atoms with E-state index in [1.807, 2.05) is 66.7 Å². The van der Waals surface area contributed by atoms with Gasteiger partial charge in [0.05, 0.1) is 12.6 Å². The van der Waals surface area contributed by atoms with Gasteiger partial charge in [0.1, 0.15) is 12.2 Å². The Morgan fingerprint density at radius 2 is 1.71 bits per heavy atom. The Bertz CT molecular complexity index is 1010. The van der Waals surface area contributed by atoms with Crippen LogP contribution in [0.1, 0.15) is 35.7 Å². The van der Waals surface area contributed by atoms with Gasteiger partial charge >= 0.3 is 6.03 Å². The van der Waals surface area contributed by atoms with Crippen LogP contribution in [0.3, 0.4) is 0 Å². The lowest BCUT2D eigenvalue weighted by atomic mass is 9.99. The van der Waals surface area contributed by atoms with Gasteiger partial charge in [-0.15, -0.1) is 0 Å². The third-order valence-corrected chi connectivity index (χ3v) is 5.25. The minimum atomic E-state index is -0.249. The van der Waals surface area contributed by atoms with Crippen molar-refractivity contribution in [3.05, 3.63) is 89.9 Å². The van der Waals surface area contributed by atoms with Crippen LogP contribution in [0.5, 0.6) is 5.88 Å². The Morgan fingerprint density at radius 3 is 2.35 bits per heavy atom. The normalized spacial score (nSPS) is 15.9. The van der Waals surface area contributed by atoms with Crippen LogP contribution in [0.15, 0.2) is 73.1 Å². The molecular formula is C24H23N5O2. The summed E-state index contributed by atoms with van der Waals surface area (Å²) in [6, 6.07) is 21.4. The van der Waals surface area contributed by atoms with E-state index in [9.17, 15) is 10.1 Å². The van der Waals surface area contributed by atoms with E-state index < -0.39 is 0 Å². The van der Waals surface area contributed by atoms with E-state index in [1.54, 1.807) is 4.90 Å². The SMILES string of the molecule is N#Cc1nccnc1OC1CCCN(C(=O)NC(c2ccccc2)c2ccccc2)C1. The standard InChI is InChI=1S/C24H23N5O2/c25-16-21-23(27-14-13-26-21)31-20-12-7-15-29(17-20)24(30)28-22(18-8-3-1-4-9-18)19-10-5-2-6-11-19/h1-6,8-11,13-14,20,22H,7,12,15,17H2,(H,28,30). The van der Waals surface area contributed by atoms with Gasteiger partial charge in [-0.05, 0) is 24.0 Å². The molecule has 7 heteroatoms. The summed E-state index contributed by atoms with van der Waals surface area (Å²) in [5.74, 6) is 0.212. The molecule has 0 bridgehead atoms. The van der Waals surface area contributed by atoms with Gasteiger partial charge in [-0.1, -0.05) is 60.7 Å². The summed E-state index contributed by atoms with van der Waals surface area (Å²) >= 11 is 0. The predicted molar refractivity (Wildman–Crippen MR) is 115 cm³/mol. The van der Waals surface area contributed by atoms with Crippen LogP contribution in [0.2, 0.25) is 0 Å². The van der Waals surface area contributed by atoms with Crippen LogP contribution in [0.25, 0.3) is 0 Å². The molecule has 0 radical (unpaired) electrons. The molecule has 7 nitrogen and oxygen atoms in total. The molecule has 1 unspecified atom stereocenters. The number of nitrogens with zero attached hydrogens (tertiary/aromatic N) is 4. The quantitative estimate of drug-likeness (QED) is 0.689. The zero-order chi connectivity index (χ0) is 21.5. The van der Waals surface area contributed by atoms with Crippen molar-refractivity contribution < 1.29 is 9.53 Å². The molecule has 156 valence electrons. The Balaban J connectivity index is 1.47. The second kappa shape index (κ2) is 9.72. The Hall–Kier alpha value is -3.92. The molecule has 1 saturated heterocycles. The van der Waals surface area contributed by atoms with Gasteiger partial charge in [-0.2, -0.15) is 5.26 Å². The number of hydrogen-bond acceptors (Lipinski definition) is 5. The third kappa shape index (κ3) is 4.98. The van der Waals surface area contributed by atoms with Crippen molar-refractivity contribution in [3.8, 4) is 11.9 Å². The topological polar surface area (TPSA) is 91.1 Å². The molecule has 2 amide bonds. The highest BCUT2D eigenvalue weighted by molar-refractivity contribution is 5.75. The summed E-state index contributed by atoms with van der Waals surface area (Å²) in [6.07, 6.45) is 4.30. The van der Waals surface area contributed by atoms with E-state index in [2.05, 4.69) is 15.3 Å². The van der Waals surface area contributed by atoms with Crippen molar-refractivity contribution in [1.29, 1.82) is 5.26 Å². The predicted octanol–water partition coefficient (Wildman–Crippen LogP) is 3.69. The van der Waals surface area contributed by atoms with E-state index in [4.69, 9.17) is 4.74 Å². The molecule has 1 aliphatic heterocycles. The van der Waals surface area contributed by atoms with Gasteiger partial charge in [0.25, 0.3) is 5.88 Å². The molecule has 1 aromatic heterocycles. The van der Waals surface area contributed by atoms with Crippen molar-refractivity contribution in [2.45, 2.75) is 25.0 Å². The highest BCUT2D eigenvalue weighted by Crippen LogP contribution is 2.23. The van der Waals surface area contributed by atoms with E-state index in [-0.39, 0.29) is 29.8 Å². The number of carbonyl (C=O) groups excluding carboxylic acids is 1. The van der Waals surface area contributed by atoms with Crippen LogP contribution in [-0.4, -0.2) is 40.1 Å². The second-order valence-corrected chi connectivity index (χ2v) is 7.35. The van der Waals surface area contributed by atoms with Crippen LogP contribution >= 0.6 is 0 Å². The van der Waals surface area contributed by atoms with Crippen molar-refractivity contribution in [3.63, 3.8) is 0 Å². The average molecular weight is 413 g/mol. The summed E-state index contributed by atoms with van der Waals surface area (Å²) in [6.45, 7) is 1.07. The van der Waals surface area contributed by atoms with Gasteiger partial charge in [0, 0.05) is 18.9 Å². The van der Waals surface area contributed by atoms with Crippen LogP contribution in [-0.2, 0) is 0 Å². The largest absolute Gasteiger partial charge is 0.470 e. The molecule has 3 aromatic rings. The van der Waals surface area contributed by atoms with E-state index in [1.165, 1.54) is 12.4 Å². The smallest absolute Gasteiger partial charge is 0.318 e. The first-order valence-electron chi connectivity index (χ1n) is 10.3. The molecule has 2 heterocycles. The summed E-state index contributed by atoms with van der Waals surface area (Å²) in [7, 11) is 0. The van der Waals surface area contributed by atoms with Gasteiger partial charge in [0.15, 0.2) is 0 Å². The molecular weight excluding hydrogens is 390 g/mol. The Morgan fingerprint density at radius 1 is 1.06 bits per heavy atom. The lowest BCUT2D eigenvalue weighted by Crippen LogP contribution is -2.49. The van der Waals surface area contributed by atoms with Crippen LogP contribution in [0.4, 0.5) is 4.79 Å². The number of ether oxygens (including phenoxy) is 1. The van der Waals surface area contributed by atoms with Crippen LogP contribution in [0, 0.1) is 11.3 Å². The molecule has 31 heavy (non-hydrogen) atoms. The Kier molecular flexibility index (Phi) is 6.38. The Labute approximate surface area is 181 Å². The number of aromatic nitrogens is 2. The molecule has 4 rings (SSSR count). The molecule has 0 aliphatic carbocycles. The molecule has 0 saturated carbocycles. The number of likely N-dealkylation sites (tertiary alicyclic amines) is 1. The molecule has 1 aliphatic rings. The third-order valence-electron chi connectivity index (χ3n) is 5.25. The fraction of sp³-hybridized carbons (Fsp3) is 0.250. The molecule has 1 atom stereocenters. The lowest BCUT2D eigenvalue weighted by molar-refractivity contribution is 0.0965. The summed E-state index contributed by atoms with van der Waals surface area (Å²) in [5.41, 5.74) is 2.19. The minimum Gasteiger partial charge on any atom is -0.470 e. The molecule has 1 fully saturated rings. The second-order valence-electron chi connectivity index (χ2n) is 7.35. The summed E-state index contributed by atoms with van der Waals surface area (Å²) < 4.78 is 5.91. The monoisotopic (exact) mass is 413 g/mol. The summed E-state index contributed by atoms with van der Waals surface area (Å²) in [4.78, 5) is 23.0. The number of hydrogen-bond donors (Lipinski definition) is 1. The number of nitrogens with one attached hydrogen (secondary N) is 1. The fourth-order valence-corrected chi connectivity index (χ4v) is 3.73. The average Bonchev–Trinajstić information content (AvgIpc) is 2.84. The number of nitriles is 1. The van der Waals surface area contributed by atoms with Crippen molar-refractivity contribution in [1.82, 2.24) is 20.2 Å². The van der Waals surface area contributed by atoms with Gasteiger partial charge in [0.2, 0.25) is 5.69 Å². The van der Waals surface area contributed by atoms with Gasteiger partial charge in [-0.25, -0.2) is 14.8 Å². The maximum absolute atomic E-state index is 13.2. The van der Waals surface area contributed by atoms with Gasteiger partial charge in [-0.3, -0.25) is 0 Å².